The first-order valence-electron chi connectivity index (χ1n) is 4.83. The molecule has 0 amide bonds. The van der Waals surface area contributed by atoms with E-state index in [9.17, 15) is 0 Å². The number of nitrogens with one attached hydrogen (secondary N) is 2. The van der Waals surface area contributed by atoms with Crippen LogP contribution >= 0.6 is 0 Å². The third kappa shape index (κ3) is 2.42. The van der Waals surface area contributed by atoms with E-state index >= 15 is 0 Å². The maximum atomic E-state index is 4.16. The molecule has 0 radical (unpaired) electrons. The van der Waals surface area contributed by atoms with Crippen molar-refractivity contribution in [2.45, 2.75) is 31.8 Å². The molecule has 0 bridgehead atoms. The number of rotatable bonds is 3. The largest absolute Gasteiger partial charge is 0.348 e. The van der Waals surface area contributed by atoms with Gasteiger partial charge in [-0.3, -0.25) is 0 Å². The molecule has 0 saturated heterocycles. The lowest BCUT2D eigenvalue weighted by Crippen LogP contribution is -2.28. The quantitative estimate of drug-likeness (QED) is 0.689. The predicted molar refractivity (Wildman–Crippen MR) is 52.2 cm³/mol. The minimum Gasteiger partial charge on any atom is -0.348 e. The molecular formula is C10H15N3. The van der Waals surface area contributed by atoms with Crippen LogP contribution in [0.2, 0.25) is 0 Å². The van der Waals surface area contributed by atoms with Crippen LogP contribution in [0.15, 0.2) is 24.5 Å². The van der Waals surface area contributed by atoms with Crippen LogP contribution in [0, 0.1) is 0 Å². The molecule has 0 spiro atoms. The van der Waals surface area contributed by atoms with Crippen molar-refractivity contribution >= 4 is 0 Å². The van der Waals surface area contributed by atoms with Crippen molar-refractivity contribution in [1.29, 1.82) is 0 Å². The maximum absolute atomic E-state index is 4.16. The van der Waals surface area contributed by atoms with E-state index in [0.29, 0.717) is 6.04 Å². The minimum absolute atomic E-state index is 0.541. The van der Waals surface area contributed by atoms with Crippen LogP contribution in [0.5, 0.6) is 0 Å². The summed E-state index contributed by atoms with van der Waals surface area (Å²) >= 11 is 0. The monoisotopic (exact) mass is 177 g/mol. The van der Waals surface area contributed by atoms with Gasteiger partial charge in [-0.25, -0.2) is 4.98 Å². The Hall–Kier alpha value is -1.09. The molecule has 0 aromatic carbocycles. The van der Waals surface area contributed by atoms with E-state index in [1.165, 1.54) is 19.3 Å². The molecule has 0 aliphatic heterocycles. The number of imidazole rings is 1. The van der Waals surface area contributed by atoms with Crippen molar-refractivity contribution in [3.05, 3.63) is 30.4 Å². The first-order chi connectivity index (χ1) is 6.45. The second-order valence-corrected chi connectivity index (χ2v) is 3.38. The molecule has 1 atom stereocenters. The summed E-state index contributed by atoms with van der Waals surface area (Å²) in [6.45, 7) is 0.835. The number of aromatic amines is 1. The van der Waals surface area contributed by atoms with Crippen molar-refractivity contribution in [3.63, 3.8) is 0 Å². The molecule has 1 unspecified atom stereocenters. The SMILES string of the molecule is C1=CC(NCc2ncc[nH]2)CCC1. The third-order valence-corrected chi connectivity index (χ3v) is 2.34. The van der Waals surface area contributed by atoms with E-state index in [1.807, 2.05) is 6.20 Å². The lowest BCUT2D eigenvalue weighted by molar-refractivity contribution is 0.515. The van der Waals surface area contributed by atoms with Gasteiger partial charge in [0.15, 0.2) is 0 Å². The van der Waals surface area contributed by atoms with Gasteiger partial charge in [-0.2, -0.15) is 0 Å². The summed E-state index contributed by atoms with van der Waals surface area (Å²) in [6, 6.07) is 0.541. The van der Waals surface area contributed by atoms with Crippen molar-refractivity contribution in [2.24, 2.45) is 0 Å². The molecule has 13 heavy (non-hydrogen) atoms. The zero-order valence-corrected chi connectivity index (χ0v) is 7.66. The third-order valence-electron chi connectivity index (χ3n) is 2.34. The Morgan fingerprint density at radius 1 is 1.62 bits per heavy atom. The van der Waals surface area contributed by atoms with Crippen molar-refractivity contribution in [3.8, 4) is 0 Å². The second kappa shape index (κ2) is 4.23. The predicted octanol–water partition coefficient (Wildman–Crippen LogP) is 1.61. The molecule has 1 aromatic heterocycles. The highest BCUT2D eigenvalue weighted by Crippen LogP contribution is 2.10. The fraction of sp³-hybridized carbons (Fsp3) is 0.500. The fourth-order valence-electron chi connectivity index (χ4n) is 1.60. The van der Waals surface area contributed by atoms with Crippen LogP contribution < -0.4 is 5.32 Å². The molecule has 1 aliphatic rings. The number of hydrogen-bond acceptors (Lipinski definition) is 2. The van der Waals surface area contributed by atoms with E-state index in [-0.39, 0.29) is 0 Å². The Morgan fingerprint density at radius 3 is 3.31 bits per heavy atom. The average molecular weight is 177 g/mol. The van der Waals surface area contributed by atoms with Gasteiger partial charge in [0.05, 0.1) is 6.54 Å². The lowest BCUT2D eigenvalue weighted by atomic mass is 10.0. The first-order valence-corrected chi connectivity index (χ1v) is 4.83. The van der Waals surface area contributed by atoms with Crippen LogP contribution in [0.3, 0.4) is 0 Å². The van der Waals surface area contributed by atoms with Gasteiger partial charge in [0, 0.05) is 18.4 Å². The van der Waals surface area contributed by atoms with Crippen molar-refractivity contribution in [1.82, 2.24) is 15.3 Å². The molecule has 70 valence electrons. The first kappa shape index (κ1) is 8.51. The Labute approximate surface area is 78.3 Å². The topological polar surface area (TPSA) is 40.7 Å². The Bertz CT molecular complexity index is 264. The molecular weight excluding hydrogens is 162 g/mol. The Morgan fingerprint density at radius 2 is 2.62 bits per heavy atom. The smallest absolute Gasteiger partial charge is 0.120 e. The Balaban J connectivity index is 1.79. The van der Waals surface area contributed by atoms with E-state index in [4.69, 9.17) is 0 Å². The van der Waals surface area contributed by atoms with E-state index in [1.54, 1.807) is 6.20 Å². The number of nitrogens with zero attached hydrogens (tertiary/aromatic N) is 1. The zero-order valence-electron chi connectivity index (χ0n) is 7.66. The maximum Gasteiger partial charge on any atom is 0.120 e. The molecule has 0 saturated carbocycles. The number of H-pyrrole nitrogens is 1. The number of allylic oxidation sites excluding steroid dienone is 1. The summed E-state index contributed by atoms with van der Waals surface area (Å²) in [5.41, 5.74) is 0. The van der Waals surface area contributed by atoms with E-state index < -0.39 is 0 Å². The van der Waals surface area contributed by atoms with Gasteiger partial charge in [0.25, 0.3) is 0 Å². The standard InChI is InChI=1S/C10H15N3/c1-2-4-9(5-3-1)13-8-10-11-6-7-12-10/h2,4,6-7,9,13H,1,3,5,8H2,(H,11,12). The summed E-state index contributed by atoms with van der Waals surface area (Å²) in [4.78, 5) is 7.24. The van der Waals surface area contributed by atoms with Crippen LogP contribution in [0.25, 0.3) is 0 Å². The van der Waals surface area contributed by atoms with E-state index in [2.05, 4.69) is 27.4 Å². The number of aromatic nitrogens is 2. The van der Waals surface area contributed by atoms with Gasteiger partial charge in [-0.15, -0.1) is 0 Å². The van der Waals surface area contributed by atoms with Gasteiger partial charge in [-0.1, -0.05) is 12.2 Å². The van der Waals surface area contributed by atoms with Crippen molar-refractivity contribution < 1.29 is 0 Å². The number of hydrogen-bond donors (Lipinski definition) is 2. The fourth-order valence-corrected chi connectivity index (χ4v) is 1.60. The highest BCUT2D eigenvalue weighted by Gasteiger charge is 2.07. The summed E-state index contributed by atoms with van der Waals surface area (Å²) in [5, 5.41) is 3.44. The van der Waals surface area contributed by atoms with Gasteiger partial charge in [0.1, 0.15) is 5.82 Å². The molecule has 3 nitrogen and oxygen atoms in total. The molecule has 2 N–H and O–H groups in total. The molecule has 1 aliphatic carbocycles. The van der Waals surface area contributed by atoms with Gasteiger partial charge >= 0.3 is 0 Å². The zero-order chi connectivity index (χ0) is 8.93. The summed E-state index contributed by atoms with van der Waals surface area (Å²) in [5.74, 6) is 1.01. The minimum atomic E-state index is 0.541. The molecule has 3 heteroatoms. The van der Waals surface area contributed by atoms with Crippen LogP contribution in [-0.4, -0.2) is 16.0 Å². The normalized spacial score (nSPS) is 22.0. The highest BCUT2D eigenvalue weighted by molar-refractivity contribution is 4.98. The van der Waals surface area contributed by atoms with Crippen molar-refractivity contribution in [2.75, 3.05) is 0 Å². The van der Waals surface area contributed by atoms with E-state index in [0.717, 1.165) is 12.4 Å². The second-order valence-electron chi connectivity index (χ2n) is 3.38. The molecule has 1 heterocycles. The van der Waals surface area contributed by atoms with Gasteiger partial charge in [0.2, 0.25) is 0 Å². The lowest BCUT2D eigenvalue weighted by Gasteiger charge is -2.16. The summed E-state index contributed by atoms with van der Waals surface area (Å²) in [6.07, 6.45) is 11.9. The van der Waals surface area contributed by atoms with Crippen LogP contribution in [0.4, 0.5) is 0 Å². The summed E-state index contributed by atoms with van der Waals surface area (Å²) < 4.78 is 0. The molecule has 1 aromatic rings. The van der Waals surface area contributed by atoms with Crippen LogP contribution in [0.1, 0.15) is 25.1 Å². The average Bonchev–Trinajstić information content (AvgIpc) is 2.69. The summed E-state index contributed by atoms with van der Waals surface area (Å²) in [7, 11) is 0. The highest BCUT2D eigenvalue weighted by atomic mass is 15.0. The Kier molecular flexibility index (Phi) is 2.77. The van der Waals surface area contributed by atoms with Gasteiger partial charge < -0.3 is 10.3 Å². The van der Waals surface area contributed by atoms with Crippen LogP contribution in [-0.2, 0) is 6.54 Å². The van der Waals surface area contributed by atoms with Gasteiger partial charge in [-0.05, 0) is 19.3 Å². The molecule has 0 fully saturated rings. The molecule has 2 rings (SSSR count).